The van der Waals surface area contributed by atoms with Crippen molar-refractivity contribution in [1.29, 1.82) is 0 Å². The molecule has 57 heavy (non-hydrogen) atoms. The van der Waals surface area contributed by atoms with Gasteiger partial charge in [-0.05, 0) is 120 Å². The van der Waals surface area contributed by atoms with Crippen LogP contribution < -0.4 is 4.90 Å². The Hall–Kier alpha value is -5.66. The zero-order chi connectivity index (χ0) is 40.1. The second-order valence-electron chi connectivity index (χ2n) is 19.5. The predicted octanol–water partition coefficient (Wildman–Crippen LogP) is 15.7. The van der Waals surface area contributed by atoms with Crippen molar-refractivity contribution in [3.63, 3.8) is 0 Å². The van der Waals surface area contributed by atoms with Crippen molar-refractivity contribution in [3.8, 4) is 44.5 Å². The van der Waals surface area contributed by atoms with Crippen molar-refractivity contribution in [2.45, 2.75) is 90.9 Å². The Kier molecular flexibility index (Phi) is 8.38. The average Bonchev–Trinajstić information content (AvgIpc) is 3.57. The molecule has 0 fully saturated rings. The second-order valence-corrected chi connectivity index (χ2v) is 19.5. The quantitative estimate of drug-likeness (QED) is 0.170. The Balaban J connectivity index is 1.22. The molecule has 0 N–H and O–H groups in total. The maximum absolute atomic E-state index is 2.50. The highest BCUT2D eigenvalue weighted by molar-refractivity contribution is 5.96. The van der Waals surface area contributed by atoms with Crippen LogP contribution in [0.4, 0.5) is 17.1 Å². The maximum Gasteiger partial charge on any atom is 0.0543 e. The molecule has 0 spiro atoms. The van der Waals surface area contributed by atoms with Crippen molar-refractivity contribution >= 4 is 17.1 Å². The number of nitrogens with zero attached hydrogens (tertiary/aromatic N) is 1. The first kappa shape index (κ1) is 36.9. The highest BCUT2D eigenvalue weighted by atomic mass is 15.1. The largest absolute Gasteiger partial charge is 0.310 e. The number of hydrogen-bond donors (Lipinski definition) is 0. The van der Waals surface area contributed by atoms with Gasteiger partial charge >= 0.3 is 0 Å². The maximum atomic E-state index is 2.50. The van der Waals surface area contributed by atoms with E-state index in [0.717, 1.165) is 11.4 Å². The van der Waals surface area contributed by atoms with Crippen LogP contribution >= 0.6 is 0 Å². The van der Waals surface area contributed by atoms with Gasteiger partial charge in [0.15, 0.2) is 0 Å². The van der Waals surface area contributed by atoms with Gasteiger partial charge in [-0.3, -0.25) is 0 Å². The summed E-state index contributed by atoms with van der Waals surface area (Å²) in [4.78, 5) is 2.48. The monoisotopic (exact) mass is 741 g/mol. The van der Waals surface area contributed by atoms with Crippen molar-refractivity contribution < 1.29 is 0 Å². The van der Waals surface area contributed by atoms with Gasteiger partial charge in [-0.15, -0.1) is 0 Å². The fourth-order valence-corrected chi connectivity index (χ4v) is 9.79. The Labute approximate surface area is 341 Å². The van der Waals surface area contributed by atoms with Gasteiger partial charge < -0.3 is 4.90 Å². The summed E-state index contributed by atoms with van der Waals surface area (Å²) >= 11 is 0. The summed E-state index contributed by atoms with van der Waals surface area (Å²) < 4.78 is 0. The summed E-state index contributed by atoms with van der Waals surface area (Å²) in [6, 6.07) is 57.0. The molecule has 0 aliphatic heterocycles. The SMILES string of the molecule is CC(C)(C)c1cc2c(c(C(C)(C)C)c1)C(C)(C)c1ccc(-c3cccc(N(c4ccc(-c5ccccc5)cc4)c4cccc5c4-c4ccccc4C5(C)C)c3)cc1-2. The summed E-state index contributed by atoms with van der Waals surface area (Å²) in [5, 5.41) is 0. The molecule has 0 atom stereocenters. The third-order valence-electron chi connectivity index (χ3n) is 12.9. The lowest BCUT2D eigenvalue weighted by atomic mass is 9.71. The summed E-state index contributed by atoms with van der Waals surface area (Å²) in [5.41, 5.74) is 22.1. The van der Waals surface area contributed by atoms with Crippen LogP contribution in [0.25, 0.3) is 44.5 Å². The molecule has 284 valence electrons. The van der Waals surface area contributed by atoms with Crippen molar-refractivity contribution in [1.82, 2.24) is 0 Å². The van der Waals surface area contributed by atoms with E-state index in [4.69, 9.17) is 0 Å². The molecular weight excluding hydrogens is 687 g/mol. The first-order chi connectivity index (χ1) is 27.0. The highest BCUT2D eigenvalue weighted by Crippen LogP contribution is 2.56. The number of rotatable bonds is 5. The third kappa shape index (κ3) is 5.97. The minimum Gasteiger partial charge on any atom is -0.310 e. The minimum absolute atomic E-state index is 0.0257. The average molecular weight is 742 g/mol. The van der Waals surface area contributed by atoms with Crippen LogP contribution in [0, 0.1) is 0 Å². The van der Waals surface area contributed by atoms with Gasteiger partial charge in [0.05, 0.1) is 5.69 Å². The first-order valence-corrected chi connectivity index (χ1v) is 20.7. The van der Waals surface area contributed by atoms with Crippen molar-refractivity contribution in [3.05, 3.63) is 185 Å². The molecule has 0 saturated heterocycles. The summed E-state index contributed by atoms with van der Waals surface area (Å²) in [5.74, 6) is 0. The Morgan fingerprint density at radius 1 is 0.404 bits per heavy atom. The van der Waals surface area contributed by atoms with Crippen LogP contribution in [0.3, 0.4) is 0 Å². The number of hydrogen-bond acceptors (Lipinski definition) is 1. The van der Waals surface area contributed by atoms with Crippen LogP contribution in [0.15, 0.2) is 152 Å². The molecule has 0 unspecified atom stereocenters. The molecule has 0 bridgehead atoms. The van der Waals surface area contributed by atoms with E-state index in [1.165, 1.54) is 83.6 Å². The third-order valence-corrected chi connectivity index (χ3v) is 12.9. The first-order valence-electron chi connectivity index (χ1n) is 20.7. The van der Waals surface area contributed by atoms with Gasteiger partial charge in [-0.25, -0.2) is 0 Å². The standard InChI is InChI=1S/C56H55N/c1-53(2,3)40-34-45-44-33-39(28-31-47(44)56(9,10)52(45)49(35-40)54(4,5)6)38-20-16-21-42(32-38)57(41-29-26-37(27-30-41)36-18-12-11-13-19-36)50-25-17-24-48-51(50)43-22-14-15-23-46(43)55(48,7)8/h11-35H,1-10H3. The molecule has 0 heterocycles. The van der Waals surface area contributed by atoms with E-state index in [0.29, 0.717) is 0 Å². The van der Waals surface area contributed by atoms with Gasteiger partial charge in [0.2, 0.25) is 0 Å². The molecule has 9 rings (SSSR count). The van der Waals surface area contributed by atoms with Crippen LogP contribution in [0.1, 0.15) is 103 Å². The van der Waals surface area contributed by atoms with Crippen LogP contribution in [0.5, 0.6) is 0 Å². The summed E-state index contributed by atoms with van der Waals surface area (Å²) in [7, 11) is 0. The fraction of sp³-hybridized carbons (Fsp3) is 0.250. The van der Waals surface area contributed by atoms with E-state index in [2.05, 4.69) is 226 Å². The Bertz CT molecular complexity index is 2680. The molecule has 2 aliphatic rings. The molecule has 1 nitrogen and oxygen atoms in total. The molecular formula is C56H55N. The van der Waals surface area contributed by atoms with Gasteiger partial charge in [-0.1, -0.05) is 184 Å². The van der Waals surface area contributed by atoms with Crippen LogP contribution in [-0.2, 0) is 21.7 Å². The molecule has 7 aromatic rings. The van der Waals surface area contributed by atoms with E-state index in [-0.39, 0.29) is 21.7 Å². The van der Waals surface area contributed by atoms with E-state index >= 15 is 0 Å². The molecule has 0 amide bonds. The van der Waals surface area contributed by atoms with E-state index in [9.17, 15) is 0 Å². The lowest BCUT2D eigenvalue weighted by molar-refractivity contribution is 0.545. The summed E-state index contributed by atoms with van der Waals surface area (Å²) in [6.45, 7) is 23.7. The van der Waals surface area contributed by atoms with Crippen LogP contribution in [-0.4, -0.2) is 0 Å². The molecule has 7 aromatic carbocycles. The smallest absolute Gasteiger partial charge is 0.0543 e. The zero-order valence-corrected chi connectivity index (χ0v) is 35.4. The molecule has 2 aliphatic carbocycles. The summed E-state index contributed by atoms with van der Waals surface area (Å²) in [6.07, 6.45) is 0. The molecule has 0 aromatic heterocycles. The van der Waals surface area contributed by atoms with Crippen LogP contribution in [0.2, 0.25) is 0 Å². The lowest BCUT2D eigenvalue weighted by Crippen LogP contribution is -2.24. The fourth-order valence-electron chi connectivity index (χ4n) is 9.79. The van der Waals surface area contributed by atoms with Gasteiger partial charge in [0, 0.05) is 27.8 Å². The number of fused-ring (bicyclic) bond motifs is 6. The normalized spacial score (nSPS) is 14.8. The molecule has 1 heteroatoms. The van der Waals surface area contributed by atoms with E-state index < -0.39 is 0 Å². The number of benzene rings is 7. The minimum atomic E-state index is -0.0964. The van der Waals surface area contributed by atoms with Crippen molar-refractivity contribution in [2.75, 3.05) is 4.90 Å². The zero-order valence-electron chi connectivity index (χ0n) is 35.4. The van der Waals surface area contributed by atoms with Crippen molar-refractivity contribution in [2.24, 2.45) is 0 Å². The topological polar surface area (TPSA) is 3.24 Å². The highest BCUT2D eigenvalue weighted by Gasteiger charge is 2.41. The lowest BCUT2D eigenvalue weighted by Gasteiger charge is -2.32. The second kappa shape index (κ2) is 12.9. The van der Waals surface area contributed by atoms with E-state index in [1.807, 2.05) is 0 Å². The van der Waals surface area contributed by atoms with Gasteiger partial charge in [-0.2, -0.15) is 0 Å². The van der Waals surface area contributed by atoms with Gasteiger partial charge in [0.25, 0.3) is 0 Å². The molecule has 0 saturated carbocycles. The Morgan fingerprint density at radius 2 is 1.00 bits per heavy atom. The predicted molar refractivity (Wildman–Crippen MR) is 245 cm³/mol. The van der Waals surface area contributed by atoms with E-state index in [1.54, 1.807) is 0 Å². The van der Waals surface area contributed by atoms with Gasteiger partial charge in [0.1, 0.15) is 0 Å². The Morgan fingerprint density at radius 3 is 1.72 bits per heavy atom. The number of anilines is 3. The molecule has 0 radical (unpaired) electrons.